The highest BCUT2D eigenvalue weighted by atomic mass is 16.5. The standard InChI is InChI=1S/C13H14N2O2/c1-15-12(14)7-9(8-13(15)16)10-5-3-4-6-11(10)17-2/h3-8H,14H2,1-2H3. The largest absolute Gasteiger partial charge is 0.496 e. The van der Waals surface area contributed by atoms with E-state index in [0.717, 1.165) is 16.9 Å². The molecule has 0 aliphatic carbocycles. The van der Waals surface area contributed by atoms with Crippen molar-refractivity contribution in [3.63, 3.8) is 0 Å². The molecule has 1 heterocycles. The SMILES string of the molecule is COc1ccccc1-c1cc(N)n(C)c(=O)c1. The first-order chi connectivity index (χ1) is 8.13. The van der Waals surface area contributed by atoms with Crippen LogP contribution >= 0.6 is 0 Å². The van der Waals surface area contributed by atoms with Crippen LogP contribution in [-0.4, -0.2) is 11.7 Å². The molecule has 0 spiro atoms. The van der Waals surface area contributed by atoms with E-state index in [4.69, 9.17) is 10.5 Å². The molecular formula is C13H14N2O2. The van der Waals surface area contributed by atoms with Gasteiger partial charge < -0.3 is 10.5 Å². The second-order valence-electron chi connectivity index (χ2n) is 3.77. The molecule has 4 nitrogen and oxygen atoms in total. The molecule has 2 rings (SSSR count). The molecule has 0 bridgehead atoms. The number of aromatic nitrogens is 1. The fourth-order valence-corrected chi connectivity index (χ4v) is 1.69. The van der Waals surface area contributed by atoms with Gasteiger partial charge in [0.05, 0.1) is 7.11 Å². The maximum Gasteiger partial charge on any atom is 0.252 e. The highest BCUT2D eigenvalue weighted by molar-refractivity contribution is 5.71. The van der Waals surface area contributed by atoms with Gasteiger partial charge in [-0.3, -0.25) is 9.36 Å². The van der Waals surface area contributed by atoms with Crippen LogP contribution in [0.3, 0.4) is 0 Å². The molecule has 17 heavy (non-hydrogen) atoms. The van der Waals surface area contributed by atoms with Gasteiger partial charge in [0.2, 0.25) is 0 Å². The predicted octanol–water partition coefficient (Wildman–Crippen LogP) is 1.64. The van der Waals surface area contributed by atoms with E-state index < -0.39 is 0 Å². The van der Waals surface area contributed by atoms with Crippen molar-refractivity contribution in [2.45, 2.75) is 0 Å². The Hall–Kier alpha value is -2.23. The molecule has 0 fully saturated rings. The summed E-state index contributed by atoms with van der Waals surface area (Å²) < 4.78 is 6.66. The lowest BCUT2D eigenvalue weighted by Crippen LogP contribution is -2.18. The van der Waals surface area contributed by atoms with E-state index in [1.54, 1.807) is 26.3 Å². The normalized spacial score (nSPS) is 10.2. The Balaban J connectivity index is 2.65. The Bertz CT molecular complexity index is 603. The Kier molecular flexibility index (Phi) is 2.87. The molecule has 2 aromatic rings. The van der Waals surface area contributed by atoms with Crippen molar-refractivity contribution in [3.05, 3.63) is 46.8 Å². The van der Waals surface area contributed by atoms with Crippen molar-refractivity contribution in [2.75, 3.05) is 12.8 Å². The molecule has 0 radical (unpaired) electrons. The highest BCUT2D eigenvalue weighted by Gasteiger charge is 2.07. The van der Waals surface area contributed by atoms with Gasteiger partial charge in [0.1, 0.15) is 11.6 Å². The molecule has 2 N–H and O–H groups in total. The number of benzene rings is 1. The minimum absolute atomic E-state index is 0.133. The van der Waals surface area contributed by atoms with Crippen LogP contribution in [0.4, 0.5) is 5.82 Å². The first-order valence-corrected chi connectivity index (χ1v) is 5.23. The summed E-state index contributed by atoms with van der Waals surface area (Å²) in [6.45, 7) is 0. The molecule has 0 saturated heterocycles. The van der Waals surface area contributed by atoms with Crippen LogP contribution in [0.15, 0.2) is 41.2 Å². The molecule has 88 valence electrons. The monoisotopic (exact) mass is 230 g/mol. The number of anilines is 1. The van der Waals surface area contributed by atoms with Crippen molar-refractivity contribution in [1.82, 2.24) is 4.57 Å². The van der Waals surface area contributed by atoms with E-state index in [2.05, 4.69) is 0 Å². The van der Waals surface area contributed by atoms with Gasteiger partial charge in [-0.25, -0.2) is 0 Å². The first-order valence-electron chi connectivity index (χ1n) is 5.23. The number of nitrogens with zero attached hydrogens (tertiary/aromatic N) is 1. The van der Waals surface area contributed by atoms with Crippen LogP contribution in [0.1, 0.15) is 0 Å². The summed E-state index contributed by atoms with van der Waals surface area (Å²) in [4.78, 5) is 11.7. The number of hydrogen-bond acceptors (Lipinski definition) is 3. The van der Waals surface area contributed by atoms with Crippen molar-refractivity contribution in [3.8, 4) is 16.9 Å². The van der Waals surface area contributed by atoms with E-state index in [0.29, 0.717) is 5.82 Å². The molecule has 0 unspecified atom stereocenters. The average Bonchev–Trinajstić information content (AvgIpc) is 2.35. The number of para-hydroxylation sites is 1. The van der Waals surface area contributed by atoms with E-state index in [1.165, 1.54) is 4.57 Å². The van der Waals surface area contributed by atoms with E-state index in [-0.39, 0.29) is 5.56 Å². The van der Waals surface area contributed by atoms with Crippen LogP contribution in [0, 0.1) is 0 Å². The fourth-order valence-electron chi connectivity index (χ4n) is 1.69. The van der Waals surface area contributed by atoms with Crippen molar-refractivity contribution in [2.24, 2.45) is 7.05 Å². The summed E-state index contributed by atoms with van der Waals surface area (Å²) >= 11 is 0. The number of nitrogen functional groups attached to an aromatic ring is 1. The molecule has 0 saturated carbocycles. The zero-order chi connectivity index (χ0) is 12.4. The van der Waals surface area contributed by atoms with Gasteiger partial charge in [-0.05, 0) is 17.7 Å². The Labute approximate surface area is 99.3 Å². The number of pyridine rings is 1. The minimum Gasteiger partial charge on any atom is -0.496 e. The molecule has 0 atom stereocenters. The van der Waals surface area contributed by atoms with Gasteiger partial charge in [-0.15, -0.1) is 0 Å². The smallest absolute Gasteiger partial charge is 0.252 e. The minimum atomic E-state index is -0.133. The third kappa shape index (κ3) is 2.01. The number of ether oxygens (including phenoxy) is 1. The zero-order valence-electron chi connectivity index (χ0n) is 9.81. The summed E-state index contributed by atoms with van der Waals surface area (Å²) in [7, 11) is 3.24. The van der Waals surface area contributed by atoms with Crippen LogP contribution in [-0.2, 0) is 7.05 Å². The van der Waals surface area contributed by atoms with Gasteiger partial charge in [0.25, 0.3) is 5.56 Å². The van der Waals surface area contributed by atoms with Crippen LogP contribution < -0.4 is 16.0 Å². The quantitative estimate of drug-likeness (QED) is 0.853. The second-order valence-corrected chi connectivity index (χ2v) is 3.77. The lowest BCUT2D eigenvalue weighted by molar-refractivity contribution is 0.416. The lowest BCUT2D eigenvalue weighted by Gasteiger charge is -2.10. The number of nitrogens with two attached hydrogens (primary N) is 1. The molecule has 1 aromatic carbocycles. The Morgan fingerprint density at radius 1 is 1.24 bits per heavy atom. The molecule has 0 aliphatic rings. The second kappa shape index (κ2) is 4.33. The molecule has 0 amide bonds. The number of methoxy groups -OCH3 is 1. The molecule has 1 aromatic heterocycles. The summed E-state index contributed by atoms with van der Waals surface area (Å²) in [6, 6.07) is 10.8. The lowest BCUT2D eigenvalue weighted by atomic mass is 10.1. The van der Waals surface area contributed by atoms with Gasteiger partial charge >= 0.3 is 0 Å². The van der Waals surface area contributed by atoms with Gasteiger partial charge in [-0.1, -0.05) is 18.2 Å². The van der Waals surface area contributed by atoms with Gasteiger partial charge in [0.15, 0.2) is 0 Å². The Morgan fingerprint density at radius 2 is 1.94 bits per heavy atom. The third-order valence-corrected chi connectivity index (χ3v) is 2.72. The summed E-state index contributed by atoms with van der Waals surface area (Å²) in [5, 5.41) is 0. The van der Waals surface area contributed by atoms with E-state index >= 15 is 0 Å². The maximum absolute atomic E-state index is 11.7. The molecule has 0 aliphatic heterocycles. The van der Waals surface area contributed by atoms with Crippen LogP contribution in [0.2, 0.25) is 0 Å². The number of hydrogen-bond donors (Lipinski definition) is 1. The van der Waals surface area contributed by atoms with Crippen LogP contribution in [0.25, 0.3) is 11.1 Å². The van der Waals surface area contributed by atoms with E-state index in [1.807, 2.05) is 24.3 Å². The number of rotatable bonds is 2. The fraction of sp³-hybridized carbons (Fsp3) is 0.154. The highest BCUT2D eigenvalue weighted by Crippen LogP contribution is 2.29. The molecular weight excluding hydrogens is 216 g/mol. The maximum atomic E-state index is 11.7. The van der Waals surface area contributed by atoms with Crippen molar-refractivity contribution < 1.29 is 4.74 Å². The van der Waals surface area contributed by atoms with Gasteiger partial charge in [0, 0.05) is 18.7 Å². The third-order valence-electron chi connectivity index (χ3n) is 2.72. The van der Waals surface area contributed by atoms with Crippen LogP contribution in [0.5, 0.6) is 5.75 Å². The summed E-state index contributed by atoms with van der Waals surface area (Å²) in [5.74, 6) is 1.15. The summed E-state index contributed by atoms with van der Waals surface area (Å²) in [5.41, 5.74) is 7.27. The van der Waals surface area contributed by atoms with E-state index in [9.17, 15) is 4.79 Å². The topological polar surface area (TPSA) is 57.2 Å². The first kappa shape index (κ1) is 11.3. The van der Waals surface area contributed by atoms with Gasteiger partial charge in [-0.2, -0.15) is 0 Å². The predicted molar refractivity (Wildman–Crippen MR) is 68.1 cm³/mol. The zero-order valence-corrected chi connectivity index (χ0v) is 9.81. The Morgan fingerprint density at radius 3 is 2.59 bits per heavy atom. The average molecular weight is 230 g/mol. The summed E-state index contributed by atoms with van der Waals surface area (Å²) in [6.07, 6.45) is 0. The molecule has 4 heteroatoms. The van der Waals surface area contributed by atoms with Crippen molar-refractivity contribution >= 4 is 5.82 Å². The van der Waals surface area contributed by atoms with Crippen molar-refractivity contribution in [1.29, 1.82) is 0 Å².